The summed E-state index contributed by atoms with van der Waals surface area (Å²) in [7, 11) is -16.8. The largest absolute Gasteiger partial charge is 0.490 e. The maximum Gasteiger partial charge on any atom is 0.490 e. The van der Waals surface area contributed by atoms with Gasteiger partial charge in [0.15, 0.2) is 0 Å². The van der Waals surface area contributed by atoms with E-state index in [4.69, 9.17) is 19.3 Å². The topological polar surface area (TPSA) is 292 Å². The summed E-state index contributed by atoms with van der Waals surface area (Å²) >= 11 is 0. The molecule has 23 heteroatoms. The van der Waals surface area contributed by atoms with Gasteiger partial charge in [-0.2, -0.15) is 8.62 Å². The first-order valence-corrected chi connectivity index (χ1v) is 17.9. The predicted octanol–water partition coefficient (Wildman–Crippen LogP) is 2.85. The van der Waals surface area contributed by atoms with Crippen molar-refractivity contribution in [1.82, 2.24) is 14.5 Å². The van der Waals surface area contributed by atoms with Crippen LogP contribution in [-0.4, -0.2) is 63.0 Å². The average molecular weight is 712 g/mol. The molecule has 3 heterocycles. The summed E-state index contributed by atoms with van der Waals surface area (Å²) in [5.41, 5.74) is 0.166. The molecular formula is C23H31N4O16P3. The van der Waals surface area contributed by atoms with Crippen molar-refractivity contribution in [2.45, 2.75) is 58.3 Å². The second-order valence-corrected chi connectivity index (χ2v) is 14.9. The number of nitrogens with one attached hydrogen (secondary N) is 1. The van der Waals surface area contributed by atoms with Crippen molar-refractivity contribution >= 4 is 40.2 Å². The van der Waals surface area contributed by atoms with Gasteiger partial charge in [0.05, 0.1) is 41.3 Å². The van der Waals surface area contributed by atoms with Crippen LogP contribution in [0.1, 0.15) is 49.6 Å². The molecule has 4 rings (SSSR count). The summed E-state index contributed by atoms with van der Waals surface area (Å²) < 4.78 is 59.8. The first-order valence-electron chi connectivity index (χ1n) is 13.3. The lowest BCUT2D eigenvalue weighted by Crippen LogP contribution is -2.26. The summed E-state index contributed by atoms with van der Waals surface area (Å²) in [4.78, 5) is 67.6. The van der Waals surface area contributed by atoms with Gasteiger partial charge in [-0.3, -0.25) is 19.4 Å². The van der Waals surface area contributed by atoms with Crippen molar-refractivity contribution in [3.8, 4) is 0 Å². The number of hydrogen-bond donors (Lipinski definition) is 6. The zero-order chi connectivity index (χ0) is 34.2. The van der Waals surface area contributed by atoms with Crippen molar-refractivity contribution in [1.29, 1.82) is 0 Å². The van der Waals surface area contributed by atoms with Crippen LogP contribution in [0.3, 0.4) is 0 Å². The Morgan fingerprint density at radius 3 is 2.46 bits per heavy atom. The van der Waals surface area contributed by atoms with Gasteiger partial charge in [-0.1, -0.05) is 26.0 Å². The molecule has 6 atom stereocenters. The number of para-hydroxylation sites is 1. The number of aromatic amines is 1. The fourth-order valence-corrected chi connectivity index (χ4v) is 7.92. The molecule has 0 amide bonds. The van der Waals surface area contributed by atoms with E-state index in [2.05, 4.69) is 23.1 Å². The minimum Gasteiger partial charge on any atom is -0.390 e. The van der Waals surface area contributed by atoms with Crippen LogP contribution in [0, 0.1) is 23.0 Å². The summed E-state index contributed by atoms with van der Waals surface area (Å²) in [6.45, 7) is 4.09. The number of phosphoric acid groups is 3. The highest BCUT2D eigenvalue weighted by Gasteiger charge is 2.43. The van der Waals surface area contributed by atoms with Crippen molar-refractivity contribution in [3.05, 3.63) is 67.9 Å². The number of aliphatic hydroxyl groups is 1. The van der Waals surface area contributed by atoms with E-state index in [0.29, 0.717) is 11.1 Å². The first kappa shape index (κ1) is 36.2. The molecule has 1 aliphatic rings. The molecule has 3 aromatic rings. The standard InChI is InChI=1S/C23H31N4O16P3/c1-12(2)21(15-6-4-5-7-16(15)27(30)31)39-10-14-9-26(22-20(14)23(29)25-13(3)24-22)19-8-17(28)18(41-19)11-40-45(35,36)43-46(37,38)42-44(32,33)34/h4-7,9,12,17-19,21,28H,8,10-11H2,1-3H3,(H,35,36)(H,37,38)(H,24,25,29)(H2,32,33,34)/t17?,18-,19-,21-/m1/s1. The van der Waals surface area contributed by atoms with Gasteiger partial charge < -0.3 is 43.7 Å². The number of nitro benzene ring substituents is 1. The van der Waals surface area contributed by atoms with Crippen LogP contribution in [0.25, 0.3) is 11.0 Å². The van der Waals surface area contributed by atoms with E-state index >= 15 is 0 Å². The second-order valence-electron chi connectivity index (χ2n) is 10.5. The van der Waals surface area contributed by atoms with Gasteiger partial charge in [-0.05, 0) is 18.9 Å². The maximum absolute atomic E-state index is 13.0. The minimum atomic E-state index is -5.75. The van der Waals surface area contributed by atoms with Gasteiger partial charge in [0, 0.05) is 24.2 Å². The molecule has 6 N–H and O–H groups in total. The predicted molar refractivity (Wildman–Crippen MR) is 155 cm³/mol. The smallest absolute Gasteiger partial charge is 0.390 e. The van der Waals surface area contributed by atoms with Crippen LogP contribution >= 0.6 is 23.5 Å². The van der Waals surface area contributed by atoms with Crippen LogP contribution < -0.4 is 5.56 Å². The third-order valence-corrected chi connectivity index (χ3v) is 10.5. The molecule has 1 aliphatic heterocycles. The Morgan fingerprint density at radius 2 is 1.83 bits per heavy atom. The van der Waals surface area contributed by atoms with Crippen molar-refractivity contribution in [2.24, 2.45) is 5.92 Å². The number of aromatic nitrogens is 3. The molecule has 0 saturated carbocycles. The Kier molecular flexibility index (Phi) is 10.9. The monoisotopic (exact) mass is 712 g/mol. The van der Waals surface area contributed by atoms with Gasteiger partial charge in [0.2, 0.25) is 0 Å². The van der Waals surface area contributed by atoms with E-state index in [1.807, 2.05) is 13.8 Å². The highest BCUT2D eigenvalue weighted by atomic mass is 31.3. The zero-order valence-electron chi connectivity index (χ0n) is 24.3. The number of H-pyrrole nitrogens is 1. The molecule has 0 radical (unpaired) electrons. The Hall–Kier alpha value is -2.67. The van der Waals surface area contributed by atoms with E-state index in [9.17, 15) is 43.5 Å². The number of hydrogen-bond acceptors (Lipinski definition) is 13. The lowest BCUT2D eigenvalue weighted by Gasteiger charge is -2.21. The Balaban J connectivity index is 1.56. The van der Waals surface area contributed by atoms with Gasteiger partial charge in [-0.15, -0.1) is 0 Å². The second kappa shape index (κ2) is 13.8. The van der Waals surface area contributed by atoms with Crippen LogP contribution in [0.5, 0.6) is 0 Å². The summed E-state index contributed by atoms with van der Waals surface area (Å²) in [6.07, 6.45) is -3.09. The van der Waals surface area contributed by atoms with Crippen molar-refractivity contribution < 1.29 is 65.9 Å². The average Bonchev–Trinajstić information content (AvgIpc) is 3.45. The van der Waals surface area contributed by atoms with Gasteiger partial charge >= 0.3 is 23.5 Å². The van der Waals surface area contributed by atoms with Crippen LogP contribution in [0.2, 0.25) is 0 Å². The third-order valence-electron chi connectivity index (χ3n) is 6.68. The first-order chi connectivity index (χ1) is 21.3. The summed E-state index contributed by atoms with van der Waals surface area (Å²) in [6, 6.07) is 6.13. The van der Waals surface area contributed by atoms with Gasteiger partial charge in [-0.25, -0.2) is 18.7 Å². The molecule has 3 unspecified atom stereocenters. The quantitative estimate of drug-likeness (QED) is 0.0795. The number of benzene rings is 1. The number of rotatable bonds is 14. The molecule has 20 nitrogen and oxygen atoms in total. The lowest BCUT2D eigenvalue weighted by atomic mass is 9.97. The van der Waals surface area contributed by atoms with Crippen LogP contribution in [0.4, 0.5) is 5.69 Å². The Bertz CT molecular complexity index is 1810. The number of ether oxygens (including phenoxy) is 2. The highest BCUT2D eigenvalue weighted by molar-refractivity contribution is 7.66. The molecule has 0 spiro atoms. The van der Waals surface area contributed by atoms with E-state index in [0.717, 1.165) is 0 Å². The Morgan fingerprint density at radius 1 is 1.15 bits per heavy atom. The number of nitro groups is 1. The molecule has 1 aromatic carbocycles. The van der Waals surface area contributed by atoms with Gasteiger partial charge in [0.1, 0.15) is 23.8 Å². The summed E-state index contributed by atoms with van der Waals surface area (Å²) in [5, 5.41) is 22.4. The SMILES string of the molecule is Cc1nc2c(c(CO[C@@H](c3ccccc3[N+](=O)[O-])C(C)C)cn2[C@H]2CC(O)[C@@H](COP(=O)(O)OP(=O)(O)OP(=O)(O)O)O2)c(=O)[nH]1. The fourth-order valence-electron chi connectivity index (χ4n) is 4.89. The van der Waals surface area contributed by atoms with E-state index in [-0.39, 0.29) is 41.5 Å². The number of fused-ring (bicyclic) bond motifs is 1. The molecule has 46 heavy (non-hydrogen) atoms. The molecule has 0 bridgehead atoms. The van der Waals surface area contributed by atoms with E-state index < -0.39 is 65.1 Å². The van der Waals surface area contributed by atoms with E-state index in [1.54, 1.807) is 12.1 Å². The maximum atomic E-state index is 13.0. The number of phosphoric ester groups is 1. The van der Waals surface area contributed by atoms with Crippen LogP contribution in [0.15, 0.2) is 35.3 Å². The number of aliphatic hydroxyl groups excluding tert-OH is 1. The minimum absolute atomic E-state index is 0.116. The zero-order valence-corrected chi connectivity index (χ0v) is 27.0. The van der Waals surface area contributed by atoms with E-state index in [1.165, 1.54) is 29.8 Å². The summed E-state index contributed by atoms with van der Waals surface area (Å²) in [5.74, 6) is 0.0313. The fraction of sp³-hybridized carbons (Fsp3) is 0.478. The molecular weight excluding hydrogens is 681 g/mol. The van der Waals surface area contributed by atoms with Gasteiger partial charge in [0.25, 0.3) is 11.2 Å². The highest BCUT2D eigenvalue weighted by Crippen LogP contribution is 2.66. The lowest BCUT2D eigenvalue weighted by molar-refractivity contribution is -0.386. The van der Waals surface area contributed by atoms with Crippen molar-refractivity contribution in [3.63, 3.8) is 0 Å². The molecule has 254 valence electrons. The number of nitrogens with zero attached hydrogens (tertiary/aromatic N) is 3. The molecule has 1 saturated heterocycles. The normalized spacial score (nSPS) is 22.2. The number of aryl methyl sites for hydroxylation is 1. The van der Waals surface area contributed by atoms with Crippen LogP contribution in [-0.2, 0) is 42.9 Å². The molecule has 0 aliphatic carbocycles. The Labute approximate surface area is 259 Å². The third kappa shape index (κ3) is 8.81. The van der Waals surface area contributed by atoms with Crippen molar-refractivity contribution in [2.75, 3.05) is 6.61 Å². The molecule has 2 aromatic heterocycles. The molecule has 1 fully saturated rings.